The van der Waals surface area contributed by atoms with Crippen LogP contribution in [0.4, 0.5) is 0 Å². The Kier molecular flexibility index (Phi) is 6.92. The third-order valence-corrected chi connectivity index (χ3v) is 5.93. The van der Waals surface area contributed by atoms with Gasteiger partial charge in [0.05, 0.1) is 17.1 Å². The highest BCUT2D eigenvalue weighted by Crippen LogP contribution is 2.46. The minimum Gasteiger partial charge on any atom is -0.513 e. The molecule has 1 aliphatic rings. The molecule has 0 spiro atoms. The van der Waals surface area contributed by atoms with Crippen molar-refractivity contribution in [1.29, 1.82) is 0 Å². The Morgan fingerprint density at radius 3 is 2.41 bits per heavy atom. The summed E-state index contributed by atoms with van der Waals surface area (Å²) in [6.07, 6.45) is 11.3. The van der Waals surface area contributed by atoms with Crippen LogP contribution in [0.5, 0.6) is 5.75 Å². The van der Waals surface area contributed by atoms with Gasteiger partial charge in [0.2, 0.25) is 0 Å². The maximum absolute atomic E-state index is 9.70. The molecule has 0 radical (unpaired) electrons. The van der Waals surface area contributed by atoms with Crippen LogP contribution in [-0.2, 0) is 13.0 Å². The summed E-state index contributed by atoms with van der Waals surface area (Å²) in [6.45, 7) is 11.7. The van der Waals surface area contributed by atoms with E-state index in [1.807, 2.05) is 24.3 Å². The molecule has 152 valence electrons. The third-order valence-electron chi connectivity index (χ3n) is 5.93. The number of allylic oxidation sites excluding steroid dienone is 1. The molecule has 3 nitrogen and oxygen atoms in total. The predicted octanol–water partition coefficient (Wildman–Crippen LogP) is 6.90. The van der Waals surface area contributed by atoms with Crippen LogP contribution in [0.1, 0.15) is 61.0 Å². The average Bonchev–Trinajstić information content (AvgIpc) is 3.19. The number of aliphatic hydroxyl groups is 1. The minimum absolute atomic E-state index is 0.229. The molecule has 29 heavy (non-hydrogen) atoms. The number of ether oxygens (including phenoxy) is 1. The Morgan fingerprint density at radius 1 is 1.07 bits per heavy atom. The van der Waals surface area contributed by atoms with Crippen molar-refractivity contribution in [1.82, 2.24) is 4.98 Å². The summed E-state index contributed by atoms with van der Waals surface area (Å²) < 4.78 is 5.90. The van der Waals surface area contributed by atoms with Gasteiger partial charge in [0.1, 0.15) is 12.4 Å². The molecular formula is C26H31NO2. The first-order chi connectivity index (χ1) is 14.0. The zero-order chi connectivity index (χ0) is 20.7. The van der Waals surface area contributed by atoms with Gasteiger partial charge in [-0.25, -0.2) is 4.98 Å². The highest BCUT2D eigenvalue weighted by molar-refractivity contribution is 5.60. The maximum Gasteiger partial charge on any atom is 0.130 e. The number of rotatable bonds is 10. The van der Waals surface area contributed by atoms with Crippen LogP contribution in [0.2, 0.25) is 0 Å². The Balaban J connectivity index is 1.55. The van der Waals surface area contributed by atoms with Crippen molar-refractivity contribution in [3.05, 3.63) is 84.4 Å². The van der Waals surface area contributed by atoms with Gasteiger partial charge in [-0.2, -0.15) is 0 Å². The summed E-state index contributed by atoms with van der Waals surface area (Å²) in [7, 11) is 0. The fourth-order valence-corrected chi connectivity index (χ4v) is 4.34. The van der Waals surface area contributed by atoms with Crippen LogP contribution in [0.3, 0.4) is 0 Å². The number of hydrogen-bond donors (Lipinski definition) is 1. The average molecular weight is 390 g/mol. The molecule has 1 aromatic carbocycles. The molecule has 1 heterocycles. The zero-order valence-electron chi connectivity index (χ0n) is 17.2. The van der Waals surface area contributed by atoms with Crippen molar-refractivity contribution in [3.8, 4) is 5.75 Å². The molecule has 3 heteroatoms. The zero-order valence-corrected chi connectivity index (χ0v) is 17.2. The van der Waals surface area contributed by atoms with Crippen LogP contribution in [0.15, 0.2) is 61.9 Å². The van der Waals surface area contributed by atoms with Crippen molar-refractivity contribution in [3.63, 3.8) is 0 Å². The molecule has 0 amide bonds. The van der Waals surface area contributed by atoms with Crippen LogP contribution in [0.25, 0.3) is 12.2 Å². The topological polar surface area (TPSA) is 42.4 Å². The Hall–Kier alpha value is -2.81. The fourth-order valence-electron chi connectivity index (χ4n) is 4.34. The van der Waals surface area contributed by atoms with Crippen molar-refractivity contribution in [2.45, 2.75) is 51.6 Å². The van der Waals surface area contributed by atoms with E-state index in [-0.39, 0.29) is 5.41 Å². The number of aliphatic hydroxyl groups excluding tert-OH is 1. The van der Waals surface area contributed by atoms with E-state index in [1.165, 1.54) is 31.2 Å². The van der Waals surface area contributed by atoms with Gasteiger partial charge in [-0.3, -0.25) is 0 Å². The van der Waals surface area contributed by atoms with Crippen molar-refractivity contribution in [2.24, 2.45) is 5.41 Å². The molecule has 0 unspecified atom stereocenters. The molecule has 0 aliphatic heterocycles. The number of pyridine rings is 1. The summed E-state index contributed by atoms with van der Waals surface area (Å²) >= 11 is 0. The van der Waals surface area contributed by atoms with Gasteiger partial charge in [-0.1, -0.05) is 56.9 Å². The van der Waals surface area contributed by atoms with Crippen molar-refractivity contribution >= 4 is 12.2 Å². The van der Waals surface area contributed by atoms with E-state index in [1.54, 1.807) is 12.2 Å². The lowest BCUT2D eigenvalue weighted by molar-refractivity contribution is 0.226. The standard InChI is InChI=1S/C26H31NO2/c1-4-22-10-11-23(27-25(22)5-2)19-29-24-12-8-21(9-13-24)14-17-26(18-20(3)28)15-6-7-16-26/h4-5,8-13,28H,1-3,6-7,14-19H2. The van der Waals surface area contributed by atoms with Crippen LogP contribution < -0.4 is 4.74 Å². The predicted molar refractivity (Wildman–Crippen MR) is 121 cm³/mol. The monoisotopic (exact) mass is 389 g/mol. The number of aryl methyl sites for hydroxylation is 1. The normalized spacial score (nSPS) is 15.0. The van der Waals surface area contributed by atoms with E-state index in [0.29, 0.717) is 12.4 Å². The smallest absolute Gasteiger partial charge is 0.130 e. The van der Waals surface area contributed by atoms with Gasteiger partial charge in [0.25, 0.3) is 0 Å². The molecule has 0 bridgehead atoms. The fraction of sp³-hybridized carbons (Fsp3) is 0.346. The van der Waals surface area contributed by atoms with Crippen LogP contribution in [-0.4, -0.2) is 10.1 Å². The second kappa shape index (κ2) is 9.60. The second-order valence-electron chi connectivity index (χ2n) is 8.07. The van der Waals surface area contributed by atoms with Gasteiger partial charge in [-0.05, 0) is 66.5 Å². The van der Waals surface area contributed by atoms with Gasteiger partial charge in [0.15, 0.2) is 0 Å². The molecule has 0 atom stereocenters. The van der Waals surface area contributed by atoms with E-state index in [2.05, 4.69) is 36.9 Å². The van der Waals surface area contributed by atoms with Gasteiger partial charge < -0.3 is 9.84 Å². The quantitative estimate of drug-likeness (QED) is 0.449. The first-order valence-corrected chi connectivity index (χ1v) is 10.4. The third kappa shape index (κ3) is 5.60. The summed E-state index contributed by atoms with van der Waals surface area (Å²) in [6, 6.07) is 12.2. The molecule has 0 saturated heterocycles. The van der Waals surface area contributed by atoms with E-state index in [0.717, 1.165) is 42.0 Å². The number of aromatic nitrogens is 1. The second-order valence-corrected chi connectivity index (χ2v) is 8.07. The van der Waals surface area contributed by atoms with Crippen LogP contribution in [0, 0.1) is 5.41 Å². The number of benzene rings is 1. The molecule has 1 saturated carbocycles. The molecular weight excluding hydrogens is 358 g/mol. The largest absolute Gasteiger partial charge is 0.513 e. The maximum atomic E-state index is 9.70. The highest BCUT2D eigenvalue weighted by atomic mass is 16.5. The van der Waals surface area contributed by atoms with Crippen molar-refractivity contribution in [2.75, 3.05) is 0 Å². The Labute approximate surface area is 174 Å². The van der Waals surface area contributed by atoms with E-state index in [4.69, 9.17) is 4.74 Å². The van der Waals surface area contributed by atoms with E-state index in [9.17, 15) is 5.11 Å². The van der Waals surface area contributed by atoms with Crippen LogP contribution >= 0.6 is 0 Å². The van der Waals surface area contributed by atoms with E-state index < -0.39 is 0 Å². The minimum atomic E-state index is 0.229. The molecule has 1 N–H and O–H groups in total. The summed E-state index contributed by atoms with van der Waals surface area (Å²) in [5.74, 6) is 1.16. The van der Waals surface area contributed by atoms with Crippen molar-refractivity contribution < 1.29 is 9.84 Å². The molecule has 1 fully saturated rings. The molecule has 2 aromatic rings. The summed E-state index contributed by atoms with van der Waals surface area (Å²) in [5, 5.41) is 9.70. The molecule has 1 aliphatic carbocycles. The lowest BCUT2D eigenvalue weighted by Gasteiger charge is -2.28. The summed E-state index contributed by atoms with van der Waals surface area (Å²) in [4.78, 5) is 4.56. The first kappa shape index (κ1) is 20.9. The molecule has 1 aromatic heterocycles. The van der Waals surface area contributed by atoms with Gasteiger partial charge >= 0.3 is 0 Å². The number of nitrogens with zero attached hydrogens (tertiary/aromatic N) is 1. The SMILES string of the molecule is C=Cc1ccc(COc2ccc(CCC3(CC(=C)O)CCCC3)cc2)nc1C=C. The van der Waals surface area contributed by atoms with Gasteiger partial charge in [-0.15, -0.1) is 0 Å². The first-order valence-electron chi connectivity index (χ1n) is 10.4. The lowest BCUT2D eigenvalue weighted by atomic mass is 9.77. The molecule has 3 rings (SSSR count). The Bertz CT molecular complexity index is 861. The Morgan fingerprint density at radius 2 is 1.79 bits per heavy atom. The summed E-state index contributed by atoms with van der Waals surface area (Å²) in [5.41, 5.74) is 4.19. The lowest BCUT2D eigenvalue weighted by Crippen LogP contribution is -2.18. The van der Waals surface area contributed by atoms with Gasteiger partial charge in [0, 0.05) is 6.42 Å². The van der Waals surface area contributed by atoms with E-state index >= 15 is 0 Å². The highest BCUT2D eigenvalue weighted by Gasteiger charge is 2.33. The number of hydrogen-bond acceptors (Lipinski definition) is 3.